The summed E-state index contributed by atoms with van der Waals surface area (Å²) < 4.78 is 0. The van der Waals surface area contributed by atoms with E-state index in [4.69, 9.17) is 0 Å². The lowest BCUT2D eigenvalue weighted by atomic mass is 9.84. The van der Waals surface area contributed by atoms with E-state index >= 15 is 0 Å². The van der Waals surface area contributed by atoms with Crippen molar-refractivity contribution in [1.29, 1.82) is 0 Å². The van der Waals surface area contributed by atoms with Gasteiger partial charge in [0.1, 0.15) is 0 Å². The minimum Gasteiger partial charge on any atom is -0.371 e. The first-order valence-corrected chi connectivity index (χ1v) is 8.21. The molecule has 4 rings (SSSR count). The zero-order valence-corrected chi connectivity index (χ0v) is 12.0. The zero-order chi connectivity index (χ0) is 12.7. The average molecular weight is 269 g/mol. The van der Waals surface area contributed by atoms with E-state index in [1.54, 1.807) is 16.8 Å². The van der Waals surface area contributed by atoms with E-state index in [1.165, 1.54) is 44.3 Å². The minimum atomic E-state index is 0.787. The lowest BCUT2D eigenvalue weighted by molar-refractivity contribution is 0.475. The van der Waals surface area contributed by atoms with Crippen LogP contribution >= 0.6 is 11.3 Å². The van der Waals surface area contributed by atoms with Crippen LogP contribution in [-0.2, 0) is 19.3 Å². The van der Waals surface area contributed by atoms with E-state index in [9.17, 15) is 0 Å². The van der Waals surface area contributed by atoms with Crippen LogP contribution in [0.15, 0.2) is 35.0 Å². The highest BCUT2D eigenvalue weighted by molar-refractivity contribution is 7.07. The standard InChI is InChI=1S/C17H19NS/c1-3-15-5-2-7-18-11-14(9-13-6-8-19-12-13)10-16(4-1)17(15)18/h1,3-4,6,8,12,14H,2,5,7,9-11H2. The van der Waals surface area contributed by atoms with Gasteiger partial charge in [-0.3, -0.25) is 0 Å². The molecular formula is C17H19NS. The van der Waals surface area contributed by atoms with Gasteiger partial charge in [0, 0.05) is 18.8 Å². The Morgan fingerprint density at radius 1 is 1.21 bits per heavy atom. The number of rotatable bonds is 2. The zero-order valence-electron chi connectivity index (χ0n) is 11.1. The predicted molar refractivity (Wildman–Crippen MR) is 82.2 cm³/mol. The number of thiophene rings is 1. The smallest absolute Gasteiger partial charge is 0.0431 e. The van der Waals surface area contributed by atoms with Gasteiger partial charge in [0.05, 0.1) is 0 Å². The molecule has 0 amide bonds. The second-order valence-corrected chi connectivity index (χ2v) is 6.66. The maximum absolute atomic E-state index is 2.65. The van der Waals surface area contributed by atoms with E-state index < -0.39 is 0 Å². The molecular weight excluding hydrogens is 250 g/mol. The number of anilines is 1. The van der Waals surface area contributed by atoms with Gasteiger partial charge in [-0.15, -0.1) is 0 Å². The normalized spacial score (nSPS) is 21.3. The van der Waals surface area contributed by atoms with Crippen LogP contribution in [0.25, 0.3) is 0 Å². The molecule has 1 atom stereocenters. The van der Waals surface area contributed by atoms with E-state index in [0.717, 1.165) is 5.92 Å². The number of para-hydroxylation sites is 1. The first-order valence-electron chi connectivity index (χ1n) is 7.27. The lowest BCUT2D eigenvalue weighted by Gasteiger charge is -2.40. The van der Waals surface area contributed by atoms with Crippen LogP contribution in [0, 0.1) is 5.92 Å². The van der Waals surface area contributed by atoms with Crippen LogP contribution < -0.4 is 4.90 Å². The van der Waals surface area contributed by atoms with Crippen LogP contribution in [0.3, 0.4) is 0 Å². The highest BCUT2D eigenvalue weighted by Gasteiger charge is 2.28. The summed E-state index contributed by atoms with van der Waals surface area (Å²) >= 11 is 1.82. The van der Waals surface area contributed by atoms with Crippen molar-refractivity contribution in [1.82, 2.24) is 0 Å². The van der Waals surface area contributed by atoms with Crippen LogP contribution in [-0.4, -0.2) is 13.1 Å². The largest absolute Gasteiger partial charge is 0.371 e. The highest BCUT2D eigenvalue weighted by Crippen LogP contribution is 2.37. The van der Waals surface area contributed by atoms with E-state index in [2.05, 4.69) is 39.9 Å². The molecule has 0 spiro atoms. The molecule has 2 aliphatic heterocycles. The molecule has 19 heavy (non-hydrogen) atoms. The molecule has 0 saturated heterocycles. The van der Waals surface area contributed by atoms with Crippen LogP contribution in [0.1, 0.15) is 23.1 Å². The Kier molecular flexibility index (Phi) is 2.84. The summed E-state index contributed by atoms with van der Waals surface area (Å²) in [7, 11) is 0. The predicted octanol–water partition coefficient (Wildman–Crippen LogP) is 3.92. The molecule has 0 aliphatic carbocycles. The Balaban J connectivity index is 1.63. The summed E-state index contributed by atoms with van der Waals surface area (Å²) in [5, 5.41) is 4.51. The van der Waals surface area contributed by atoms with Gasteiger partial charge in [-0.2, -0.15) is 11.3 Å². The molecule has 0 saturated carbocycles. The van der Waals surface area contributed by atoms with E-state index in [1.807, 2.05) is 11.3 Å². The topological polar surface area (TPSA) is 3.24 Å². The van der Waals surface area contributed by atoms with Crippen molar-refractivity contribution >= 4 is 17.0 Å². The van der Waals surface area contributed by atoms with Gasteiger partial charge in [-0.05, 0) is 65.1 Å². The number of aryl methyl sites for hydroxylation is 1. The van der Waals surface area contributed by atoms with E-state index in [0.29, 0.717) is 0 Å². The van der Waals surface area contributed by atoms with Crippen LogP contribution in [0.4, 0.5) is 5.69 Å². The Labute approximate surface area is 118 Å². The van der Waals surface area contributed by atoms with Crippen molar-refractivity contribution in [2.75, 3.05) is 18.0 Å². The molecule has 1 unspecified atom stereocenters. The lowest BCUT2D eigenvalue weighted by Crippen LogP contribution is -2.39. The first kappa shape index (κ1) is 11.5. The van der Waals surface area contributed by atoms with Gasteiger partial charge in [-0.25, -0.2) is 0 Å². The number of hydrogen-bond acceptors (Lipinski definition) is 2. The Morgan fingerprint density at radius 3 is 3.05 bits per heavy atom. The molecule has 1 aromatic carbocycles. The van der Waals surface area contributed by atoms with Gasteiger partial charge >= 0.3 is 0 Å². The monoisotopic (exact) mass is 269 g/mol. The first-order chi connectivity index (χ1) is 9.40. The number of nitrogens with zero attached hydrogens (tertiary/aromatic N) is 1. The van der Waals surface area contributed by atoms with Crippen molar-refractivity contribution in [3.63, 3.8) is 0 Å². The summed E-state index contributed by atoms with van der Waals surface area (Å²) in [4.78, 5) is 2.65. The molecule has 2 aliphatic rings. The third kappa shape index (κ3) is 2.08. The Hall–Kier alpha value is -1.28. The second-order valence-electron chi connectivity index (χ2n) is 5.88. The molecule has 0 N–H and O–H groups in total. The fourth-order valence-corrected chi connectivity index (χ4v) is 4.42. The van der Waals surface area contributed by atoms with E-state index in [-0.39, 0.29) is 0 Å². The maximum Gasteiger partial charge on any atom is 0.0431 e. The maximum atomic E-state index is 2.65. The summed E-state index contributed by atoms with van der Waals surface area (Å²) in [5.74, 6) is 0.787. The molecule has 1 aromatic heterocycles. The second kappa shape index (κ2) is 4.68. The van der Waals surface area contributed by atoms with Crippen molar-refractivity contribution in [2.24, 2.45) is 5.92 Å². The Bertz CT molecular complexity index is 573. The van der Waals surface area contributed by atoms with Crippen molar-refractivity contribution in [2.45, 2.75) is 25.7 Å². The molecule has 0 bridgehead atoms. The molecule has 2 aromatic rings. The van der Waals surface area contributed by atoms with Gasteiger partial charge < -0.3 is 4.90 Å². The SMILES string of the molecule is c1cc2c3c(c1)CC(Cc1ccsc1)CN3CCC2. The molecule has 98 valence electrons. The molecule has 0 radical (unpaired) electrons. The van der Waals surface area contributed by atoms with Gasteiger partial charge in [0.15, 0.2) is 0 Å². The summed E-state index contributed by atoms with van der Waals surface area (Å²) in [6.07, 6.45) is 5.09. The van der Waals surface area contributed by atoms with Crippen molar-refractivity contribution in [3.05, 3.63) is 51.7 Å². The third-order valence-corrected chi connectivity index (χ3v) is 5.22. The van der Waals surface area contributed by atoms with Gasteiger partial charge in [0.2, 0.25) is 0 Å². The highest BCUT2D eigenvalue weighted by atomic mass is 32.1. The van der Waals surface area contributed by atoms with Crippen molar-refractivity contribution in [3.8, 4) is 0 Å². The molecule has 0 fully saturated rings. The molecule has 1 nitrogen and oxygen atoms in total. The van der Waals surface area contributed by atoms with Crippen molar-refractivity contribution < 1.29 is 0 Å². The quantitative estimate of drug-likeness (QED) is 0.799. The Morgan fingerprint density at radius 2 is 2.16 bits per heavy atom. The summed E-state index contributed by atoms with van der Waals surface area (Å²) in [5.41, 5.74) is 6.27. The fourth-order valence-electron chi connectivity index (χ4n) is 3.74. The number of benzene rings is 1. The molecule has 3 heterocycles. The third-order valence-electron chi connectivity index (χ3n) is 4.49. The van der Waals surface area contributed by atoms with Gasteiger partial charge in [-0.1, -0.05) is 18.2 Å². The summed E-state index contributed by atoms with van der Waals surface area (Å²) in [6.45, 7) is 2.50. The van der Waals surface area contributed by atoms with Gasteiger partial charge in [0.25, 0.3) is 0 Å². The van der Waals surface area contributed by atoms with Crippen LogP contribution in [0.2, 0.25) is 0 Å². The molecule has 2 heteroatoms. The summed E-state index contributed by atoms with van der Waals surface area (Å²) in [6, 6.07) is 9.21. The number of hydrogen-bond donors (Lipinski definition) is 0. The minimum absolute atomic E-state index is 0.787. The van der Waals surface area contributed by atoms with Crippen LogP contribution in [0.5, 0.6) is 0 Å². The fraction of sp³-hybridized carbons (Fsp3) is 0.412. The average Bonchev–Trinajstić information content (AvgIpc) is 2.92.